The number of nitrogen functional groups attached to an aromatic ring is 1. The molecule has 2 aromatic heterocycles. The van der Waals surface area contributed by atoms with Crippen molar-refractivity contribution in [2.45, 2.75) is 26.8 Å². The molecule has 2 heterocycles. The van der Waals surface area contributed by atoms with Crippen molar-refractivity contribution in [1.29, 1.82) is 0 Å². The summed E-state index contributed by atoms with van der Waals surface area (Å²) in [5.41, 5.74) is 9.95. The molecule has 1 aromatic carbocycles. The van der Waals surface area contributed by atoms with Gasteiger partial charge in [0.1, 0.15) is 5.69 Å². The van der Waals surface area contributed by atoms with Crippen LogP contribution < -0.4 is 5.73 Å². The first-order valence-electron chi connectivity index (χ1n) is 6.26. The van der Waals surface area contributed by atoms with Gasteiger partial charge in [-0.25, -0.2) is 9.97 Å². The van der Waals surface area contributed by atoms with Gasteiger partial charge in [-0.3, -0.25) is 0 Å². The predicted octanol–water partition coefficient (Wildman–Crippen LogP) is 3.63. The SMILES string of the molecule is Cc1ccc2c(c1)nc(-c1csc(N)n1)n2C(C)C. The largest absolute Gasteiger partial charge is 0.375 e. The van der Waals surface area contributed by atoms with E-state index in [4.69, 9.17) is 10.7 Å². The van der Waals surface area contributed by atoms with Gasteiger partial charge in [0, 0.05) is 11.4 Å². The summed E-state index contributed by atoms with van der Waals surface area (Å²) < 4.78 is 2.21. The molecule has 0 bridgehead atoms. The van der Waals surface area contributed by atoms with Crippen molar-refractivity contribution >= 4 is 27.5 Å². The fraction of sp³-hybridized carbons (Fsp3) is 0.286. The van der Waals surface area contributed by atoms with Crippen molar-refractivity contribution in [2.75, 3.05) is 5.73 Å². The van der Waals surface area contributed by atoms with E-state index in [0.29, 0.717) is 11.2 Å². The summed E-state index contributed by atoms with van der Waals surface area (Å²) in [6, 6.07) is 6.66. The second kappa shape index (κ2) is 4.35. The van der Waals surface area contributed by atoms with E-state index in [9.17, 15) is 0 Å². The van der Waals surface area contributed by atoms with Gasteiger partial charge in [-0.2, -0.15) is 0 Å². The second-order valence-electron chi connectivity index (χ2n) is 4.96. The van der Waals surface area contributed by atoms with Crippen LogP contribution in [0.2, 0.25) is 0 Å². The first kappa shape index (κ1) is 12.2. The third kappa shape index (κ3) is 2.00. The average Bonchev–Trinajstić information content (AvgIpc) is 2.91. The molecule has 0 amide bonds. The van der Waals surface area contributed by atoms with Gasteiger partial charge in [0.25, 0.3) is 0 Å². The van der Waals surface area contributed by atoms with Crippen molar-refractivity contribution < 1.29 is 0 Å². The van der Waals surface area contributed by atoms with E-state index in [1.54, 1.807) is 0 Å². The summed E-state index contributed by atoms with van der Waals surface area (Å²) in [6.45, 7) is 6.38. The number of anilines is 1. The molecule has 3 rings (SSSR count). The third-order valence-electron chi connectivity index (χ3n) is 3.11. The Labute approximate surface area is 115 Å². The monoisotopic (exact) mass is 272 g/mol. The van der Waals surface area contributed by atoms with E-state index < -0.39 is 0 Å². The molecule has 0 unspecified atom stereocenters. The number of hydrogen-bond acceptors (Lipinski definition) is 4. The lowest BCUT2D eigenvalue weighted by molar-refractivity contribution is 0.623. The number of nitrogens with two attached hydrogens (primary N) is 1. The molecule has 0 radical (unpaired) electrons. The molecule has 0 spiro atoms. The Morgan fingerprint density at radius 3 is 2.68 bits per heavy atom. The average molecular weight is 272 g/mol. The normalized spacial score (nSPS) is 11.6. The van der Waals surface area contributed by atoms with Crippen molar-refractivity contribution in [3.05, 3.63) is 29.1 Å². The van der Waals surface area contributed by atoms with Gasteiger partial charge in [0.2, 0.25) is 0 Å². The molecule has 0 atom stereocenters. The molecule has 2 N–H and O–H groups in total. The van der Waals surface area contributed by atoms with Crippen molar-refractivity contribution in [3.63, 3.8) is 0 Å². The van der Waals surface area contributed by atoms with Gasteiger partial charge < -0.3 is 10.3 Å². The number of fused-ring (bicyclic) bond motifs is 1. The van der Waals surface area contributed by atoms with E-state index >= 15 is 0 Å². The Bertz CT molecular complexity index is 739. The Kier molecular flexibility index (Phi) is 2.78. The highest BCUT2D eigenvalue weighted by atomic mass is 32.1. The van der Waals surface area contributed by atoms with Crippen LogP contribution in [0.25, 0.3) is 22.6 Å². The molecule has 19 heavy (non-hydrogen) atoms. The van der Waals surface area contributed by atoms with Crippen LogP contribution in [0.5, 0.6) is 0 Å². The van der Waals surface area contributed by atoms with Crippen LogP contribution in [0, 0.1) is 6.92 Å². The summed E-state index contributed by atoms with van der Waals surface area (Å²) in [5.74, 6) is 0.892. The molecule has 98 valence electrons. The van der Waals surface area contributed by atoms with Crippen molar-refractivity contribution in [1.82, 2.24) is 14.5 Å². The van der Waals surface area contributed by atoms with Crippen LogP contribution in [0.1, 0.15) is 25.5 Å². The lowest BCUT2D eigenvalue weighted by Gasteiger charge is -2.11. The van der Waals surface area contributed by atoms with E-state index in [1.165, 1.54) is 16.9 Å². The maximum atomic E-state index is 5.73. The van der Waals surface area contributed by atoms with Crippen LogP contribution >= 0.6 is 11.3 Å². The molecule has 0 aliphatic rings. The quantitative estimate of drug-likeness (QED) is 0.775. The smallest absolute Gasteiger partial charge is 0.180 e. The molecular weight excluding hydrogens is 256 g/mol. The molecule has 5 heteroatoms. The van der Waals surface area contributed by atoms with E-state index in [1.807, 2.05) is 5.38 Å². The number of benzene rings is 1. The Morgan fingerprint density at radius 1 is 1.26 bits per heavy atom. The van der Waals surface area contributed by atoms with Gasteiger partial charge in [-0.05, 0) is 38.5 Å². The van der Waals surface area contributed by atoms with Crippen LogP contribution in [-0.4, -0.2) is 14.5 Å². The predicted molar refractivity (Wildman–Crippen MR) is 80.4 cm³/mol. The minimum absolute atomic E-state index is 0.325. The fourth-order valence-corrected chi connectivity index (χ4v) is 2.84. The number of imidazole rings is 1. The highest BCUT2D eigenvalue weighted by Crippen LogP contribution is 2.30. The fourth-order valence-electron chi connectivity index (χ4n) is 2.30. The van der Waals surface area contributed by atoms with Crippen molar-refractivity contribution in [2.24, 2.45) is 0 Å². The summed E-state index contributed by atoms with van der Waals surface area (Å²) >= 11 is 1.45. The molecular formula is C14H16N4S. The number of rotatable bonds is 2. The molecule has 0 aliphatic heterocycles. The summed E-state index contributed by atoms with van der Waals surface area (Å²) in [7, 11) is 0. The summed E-state index contributed by atoms with van der Waals surface area (Å²) in [5, 5.41) is 2.54. The second-order valence-corrected chi connectivity index (χ2v) is 5.85. The highest BCUT2D eigenvalue weighted by molar-refractivity contribution is 7.13. The standard InChI is InChI=1S/C14H16N4S/c1-8(2)18-12-5-4-9(3)6-10(12)16-13(18)11-7-19-14(15)17-11/h4-8H,1-3H3,(H2,15,17). The van der Waals surface area contributed by atoms with Crippen LogP contribution in [-0.2, 0) is 0 Å². The zero-order valence-corrected chi connectivity index (χ0v) is 12.0. The van der Waals surface area contributed by atoms with E-state index in [-0.39, 0.29) is 0 Å². The summed E-state index contributed by atoms with van der Waals surface area (Å²) in [4.78, 5) is 9.08. The molecule has 0 saturated carbocycles. The van der Waals surface area contributed by atoms with Gasteiger partial charge in [0.05, 0.1) is 11.0 Å². The Balaban J connectivity index is 2.31. The topological polar surface area (TPSA) is 56.7 Å². The first-order valence-corrected chi connectivity index (χ1v) is 7.14. The number of aromatic nitrogens is 3. The van der Waals surface area contributed by atoms with Crippen LogP contribution in [0.4, 0.5) is 5.13 Å². The van der Waals surface area contributed by atoms with Gasteiger partial charge >= 0.3 is 0 Å². The molecule has 0 aliphatic carbocycles. The zero-order chi connectivity index (χ0) is 13.6. The van der Waals surface area contributed by atoms with Gasteiger partial charge in [-0.1, -0.05) is 6.07 Å². The number of nitrogens with zero attached hydrogens (tertiary/aromatic N) is 3. The Hall–Kier alpha value is -1.88. The van der Waals surface area contributed by atoms with E-state index in [0.717, 1.165) is 22.6 Å². The zero-order valence-electron chi connectivity index (χ0n) is 11.2. The maximum absolute atomic E-state index is 5.73. The highest BCUT2D eigenvalue weighted by Gasteiger charge is 2.16. The van der Waals surface area contributed by atoms with Gasteiger partial charge in [0.15, 0.2) is 11.0 Å². The molecule has 3 aromatic rings. The van der Waals surface area contributed by atoms with E-state index in [2.05, 4.69) is 48.5 Å². The number of thiazole rings is 1. The molecule has 4 nitrogen and oxygen atoms in total. The van der Waals surface area contributed by atoms with Crippen molar-refractivity contribution in [3.8, 4) is 11.5 Å². The lowest BCUT2D eigenvalue weighted by atomic mass is 10.2. The minimum atomic E-state index is 0.325. The Morgan fingerprint density at radius 2 is 2.05 bits per heavy atom. The first-order chi connectivity index (χ1) is 9.06. The van der Waals surface area contributed by atoms with Crippen LogP contribution in [0.15, 0.2) is 23.6 Å². The lowest BCUT2D eigenvalue weighted by Crippen LogP contribution is -2.03. The maximum Gasteiger partial charge on any atom is 0.180 e. The number of aryl methyl sites for hydroxylation is 1. The van der Waals surface area contributed by atoms with Gasteiger partial charge in [-0.15, -0.1) is 11.3 Å². The number of hydrogen-bond donors (Lipinski definition) is 1. The molecule has 0 saturated heterocycles. The summed E-state index contributed by atoms with van der Waals surface area (Å²) in [6.07, 6.45) is 0. The molecule has 0 fully saturated rings. The minimum Gasteiger partial charge on any atom is -0.375 e. The van der Waals surface area contributed by atoms with Crippen LogP contribution in [0.3, 0.4) is 0 Å². The third-order valence-corrected chi connectivity index (χ3v) is 3.79.